The van der Waals surface area contributed by atoms with Gasteiger partial charge in [0, 0.05) is 74.1 Å². The maximum absolute atomic E-state index is 16.0. The average Bonchev–Trinajstić information content (AvgIpc) is 3.62. The van der Waals surface area contributed by atoms with Crippen LogP contribution < -0.4 is 20.8 Å². The molecule has 2 aliphatic rings. The van der Waals surface area contributed by atoms with E-state index < -0.39 is 17.2 Å². The number of nitrogens with two attached hydrogens (primary N) is 1. The van der Waals surface area contributed by atoms with Crippen molar-refractivity contribution in [1.29, 1.82) is 0 Å². The molecule has 220 valence electrons. The number of halogens is 1. The molecule has 3 aromatic heterocycles. The lowest BCUT2D eigenvalue weighted by Gasteiger charge is -2.29. The lowest BCUT2D eigenvalue weighted by atomic mass is 10.0. The maximum Gasteiger partial charge on any atom is 0.259 e. The Bertz CT molecular complexity index is 2190. The highest BCUT2D eigenvalue weighted by Gasteiger charge is 2.33. The van der Waals surface area contributed by atoms with Crippen LogP contribution in [0.5, 0.6) is 11.5 Å². The molecule has 2 N–H and O–H groups in total. The molecule has 1 amide bonds. The van der Waals surface area contributed by atoms with Gasteiger partial charge in [0.15, 0.2) is 17.3 Å². The smallest absolute Gasteiger partial charge is 0.259 e. The number of hydrogen-bond donors (Lipinski definition) is 1. The van der Waals surface area contributed by atoms with E-state index in [4.69, 9.17) is 14.9 Å². The van der Waals surface area contributed by atoms with Crippen LogP contribution in [0.1, 0.15) is 22.5 Å². The van der Waals surface area contributed by atoms with Gasteiger partial charge in [-0.05, 0) is 36.8 Å². The Morgan fingerprint density at radius 1 is 1.09 bits per heavy atom. The second-order valence-electron chi connectivity index (χ2n) is 11.5. The lowest BCUT2D eigenvalue weighted by Crippen LogP contribution is -2.34. The number of amides is 1. The summed E-state index contributed by atoms with van der Waals surface area (Å²) in [6.45, 7) is 1.36. The van der Waals surface area contributed by atoms with Crippen molar-refractivity contribution in [1.82, 2.24) is 14.5 Å². The standard InChI is InChI=1S/C34H28FN5O4/c1-38(12-10-20-6-4-5-11-37-20)34(42)24-18-40-26-16-28-22(21-7-2-3-8-27(21)43-28)15-29(26)44-33-30(40)23(32(24)41)14-25(35)31(33)39-13-9-19(36)17-39/h2-8,11,14-16,18-19H,9-10,12-13,17,36H2,1H3. The van der Waals surface area contributed by atoms with Gasteiger partial charge < -0.3 is 29.3 Å². The van der Waals surface area contributed by atoms with Crippen LogP contribution in [-0.2, 0) is 6.42 Å². The fraction of sp³-hybridized carbons (Fsp3) is 0.206. The Morgan fingerprint density at radius 3 is 2.73 bits per heavy atom. The molecule has 0 bridgehead atoms. The molecule has 0 aliphatic carbocycles. The molecule has 1 fully saturated rings. The summed E-state index contributed by atoms with van der Waals surface area (Å²) in [6.07, 6.45) is 4.47. The van der Waals surface area contributed by atoms with E-state index in [1.165, 1.54) is 11.0 Å². The van der Waals surface area contributed by atoms with E-state index in [9.17, 15) is 9.59 Å². The third kappa shape index (κ3) is 4.05. The molecular formula is C34H28FN5O4. The van der Waals surface area contributed by atoms with Crippen molar-refractivity contribution in [3.63, 3.8) is 0 Å². The van der Waals surface area contributed by atoms with Gasteiger partial charge in [-0.25, -0.2) is 4.39 Å². The van der Waals surface area contributed by atoms with E-state index in [1.54, 1.807) is 24.0 Å². The number of anilines is 1. The predicted molar refractivity (Wildman–Crippen MR) is 167 cm³/mol. The molecule has 1 atom stereocenters. The van der Waals surface area contributed by atoms with Crippen LogP contribution in [0.25, 0.3) is 38.5 Å². The number of ether oxygens (including phenoxy) is 1. The zero-order valence-corrected chi connectivity index (χ0v) is 23.9. The summed E-state index contributed by atoms with van der Waals surface area (Å²) in [5, 5.41) is 1.82. The highest BCUT2D eigenvalue weighted by molar-refractivity contribution is 6.07. The van der Waals surface area contributed by atoms with Crippen LogP contribution in [0.4, 0.5) is 10.1 Å². The minimum absolute atomic E-state index is 0.0593. The molecule has 3 aromatic carbocycles. The molecule has 1 unspecified atom stereocenters. The van der Waals surface area contributed by atoms with Crippen LogP contribution in [0.2, 0.25) is 0 Å². The summed E-state index contributed by atoms with van der Waals surface area (Å²) < 4.78 is 30.5. The molecular weight excluding hydrogens is 561 g/mol. The summed E-state index contributed by atoms with van der Waals surface area (Å²) in [4.78, 5) is 35.4. The van der Waals surface area contributed by atoms with E-state index in [0.29, 0.717) is 55.0 Å². The number of carbonyl (C=O) groups excluding carboxylic acids is 1. The topological polar surface area (TPSA) is 107 Å². The van der Waals surface area contributed by atoms with Gasteiger partial charge in [0.05, 0.1) is 11.1 Å². The molecule has 10 heteroatoms. The van der Waals surface area contributed by atoms with E-state index in [-0.39, 0.29) is 28.4 Å². The third-order valence-corrected chi connectivity index (χ3v) is 8.65. The molecule has 8 rings (SSSR count). The van der Waals surface area contributed by atoms with Gasteiger partial charge in [-0.15, -0.1) is 0 Å². The van der Waals surface area contributed by atoms with Gasteiger partial charge in [0.1, 0.15) is 27.9 Å². The molecule has 44 heavy (non-hydrogen) atoms. The first-order valence-corrected chi connectivity index (χ1v) is 14.6. The molecule has 0 radical (unpaired) electrons. The van der Waals surface area contributed by atoms with Crippen LogP contribution in [0, 0.1) is 5.82 Å². The first kappa shape index (κ1) is 26.4. The fourth-order valence-corrected chi connectivity index (χ4v) is 6.40. The number of hydrogen-bond acceptors (Lipinski definition) is 7. The third-order valence-electron chi connectivity index (χ3n) is 8.65. The second kappa shape index (κ2) is 9.92. The van der Waals surface area contributed by atoms with E-state index in [0.717, 1.165) is 22.0 Å². The monoisotopic (exact) mass is 589 g/mol. The fourth-order valence-electron chi connectivity index (χ4n) is 6.40. The van der Waals surface area contributed by atoms with E-state index in [1.807, 2.05) is 59.5 Å². The Balaban J connectivity index is 1.33. The molecule has 9 nitrogen and oxygen atoms in total. The molecule has 1 saturated heterocycles. The van der Waals surface area contributed by atoms with Crippen LogP contribution in [0.3, 0.4) is 0 Å². The normalized spacial score (nSPS) is 15.6. The Hall–Kier alpha value is -5.22. The maximum atomic E-state index is 16.0. The quantitative estimate of drug-likeness (QED) is 0.287. The minimum Gasteiger partial charge on any atom is -0.456 e. The van der Waals surface area contributed by atoms with Crippen molar-refractivity contribution in [3.8, 4) is 17.2 Å². The van der Waals surface area contributed by atoms with Crippen molar-refractivity contribution in [2.24, 2.45) is 5.73 Å². The van der Waals surface area contributed by atoms with Gasteiger partial charge in [0.25, 0.3) is 5.91 Å². The number of fused-ring (bicyclic) bond motifs is 5. The summed E-state index contributed by atoms with van der Waals surface area (Å²) >= 11 is 0. The molecule has 5 heterocycles. The molecule has 0 saturated carbocycles. The Kier molecular flexibility index (Phi) is 5.95. The first-order valence-electron chi connectivity index (χ1n) is 14.6. The summed E-state index contributed by atoms with van der Waals surface area (Å²) in [5.74, 6) is -0.380. The van der Waals surface area contributed by atoms with Crippen molar-refractivity contribution in [2.45, 2.75) is 18.9 Å². The van der Waals surface area contributed by atoms with E-state index >= 15 is 4.39 Å². The van der Waals surface area contributed by atoms with Gasteiger partial charge in [0.2, 0.25) is 5.43 Å². The second-order valence-corrected chi connectivity index (χ2v) is 11.5. The summed E-state index contributed by atoms with van der Waals surface area (Å²) in [6, 6.07) is 18.1. The predicted octanol–water partition coefficient (Wildman–Crippen LogP) is 5.38. The zero-order chi connectivity index (χ0) is 30.1. The highest BCUT2D eigenvalue weighted by atomic mass is 19.1. The zero-order valence-electron chi connectivity index (χ0n) is 23.9. The molecule has 0 spiro atoms. The van der Waals surface area contributed by atoms with Crippen LogP contribution in [0.15, 0.2) is 82.3 Å². The molecule has 2 aliphatic heterocycles. The van der Waals surface area contributed by atoms with Crippen molar-refractivity contribution in [3.05, 3.63) is 100 Å². The summed E-state index contributed by atoms with van der Waals surface area (Å²) in [5.41, 5.74) is 8.96. The van der Waals surface area contributed by atoms with Gasteiger partial charge >= 0.3 is 0 Å². The van der Waals surface area contributed by atoms with Crippen molar-refractivity contribution < 1.29 is 18.3 Å². The first-order chi connectivity index (χ1) is 21.4. The van der Waals surface area contributed by atoms with Gasteiger partial charge in [-0.2, -0.15) is 0 Å². The number of furan rings is 1. The molecule has 6 aromatic rings. The Morgan fingerprint density at radius 2 is 1.93 bits per heavy atom. The van der Waals surface area contributed by atoms with Crippen LogP contribution >= 0.6 is 0 Å². The number of rotatable bonds is 5. The number of likely N-dealkylation sites (N-methyl/N-ethyl adjacent to an activating group) is 1. The number of carbonyl (C=O) groups is 1. The SMILES string of the molecule is CN(CCc1ccccn1)C(=O)c1cn2c3c(c(N4CCC(N)C4)c(F)cc3c1=O)Oc1cc3c(cc1-2)oc1ccccc13. The number of aromatic nitrogens is 2. The van der Waals surface area contributed by atoms with Gasteiger partial charge in [-0.3, -0.25) is 14.6 Å². The number of pyridine rings is 2. The number of para-hydroxylation sites is 1. The van der Waals surface area contributed by atoms with E-state index in [2.05, 4.69) is 4.98 Å². The number of nitrogens with zero attached hydrogens (tertiary/aromatic N) is 4. The largest absolute Gasteiger partial charge is 0.456 e. The minimum atomic E-state index is -0.600. The number of benzene rings is 3. The van der Waals surface area contributed by atoms with Crippen molar-refractivity contribution in [2.75, 3.05) is 31.6 Å². The average molecular weight is 590 g/mol. The highest BCUT2D eigenvalue weighted by Crippen LogP contribution is 2.48. The summed E-state index contributed by atoms with van der Waals surface area (Å²) in [7, 11) is 1.64. The van der Waals surface area contributed by atoms with Crippen molar-refractivity contribution >= 4 is 44.4 Å². The van der Waals surface area contributed by atoms with Gasteiger partial charge in [-0.1, -0.05) is 24.3 Å². The lowest BCUT2D eigenvalue weighted by molar-refractivity contribution is 0.0794. The Labute approximate surface area is 250 Å². The van der Waals surface area contributed by atoms with Crippen LogP contribution in [-0.4, -0.2) is 53.1 Å².